The lowest BCUT2D eigenvalue weighted by atomic mass is 10.1. The summed E-state index contributed by atoms with van der Waals surface area (Å²) in [5.74, 6) is 0. The van der Waals surface area contributed by atoms with E-state index in [1.807, 2.05) is 0 Å². The molecule has 0 fully saturated rings. The molecule has 0 saturated carbocycles. The second-order valence-corrected chi connectivity index (χ2v) is 4.91. The fourth-order valence-electron chi connectivity index (χ4n) is 2.23. The number of aryl methyl sites for hydroxylation is 2. The average Bonchev–Trinajstić information content (AvgIpc) is 2.85. The Kier molecular flexibility index (Phi) is 3.70. The van der Waals surface area contributed by atoms with Crippen molar-refractivity contribution in [2.45, 2.75) is 51.5 Å². The summed E-state index contributed by atoms with van der Waals surface area (Å²) >= 11 is 6.08. The molecule has 0 saturated heterocycles. The summed E-state index contributed by atoms with van der Waals surface area (Å²) in [6.45, 7) is 5.24. The lowest BCUT2D eigenvalue weighted by molar-refractivity contribution is 0.618. The Morgan fingerprint density at radius 1 is 1.50 bits per heavy atom. The van der Waals surface area contributed by atoms with Crippen LogP contribution in [0.1, 0.15) is 38.1 Å². The normalized spacial score (nSPS) is 20.2. The van der Waals surface area contributed by atoms with Crippen molar-refractivity contribution in [3.63, 3.8) is 0 Å². The van der Waals surface area contributed by atoms with Gasteiger partial charge in [0.2, 0.25) is 0 Å². The van der Waals surface area contributed by atoms with Gasteiger partial charge in [0.05, 0.1) is 11.1 Å². The summed E-state index contributed by atoms with van der Waals surface area (Å²) in [6, 6.07) is 2.23. The van der Waals surface area contributed by atoms with E-state index in [0.29, 0.717) is 0 Å². The lowest BCUT2D eigenvalue weighted by Gasteiger charge is -2.04. The highest BCUT2D eigenvalue weighted by atomic mass is 35.5. The molecule has 0 amide bonds. The van der Waals surface area contributed by atoms with Crippen LogP contribution in [-0.2, 0) is 19.4 Å². The summed E-state index contributed by atoms with van der Waals surface area (Å²) < 4.78 is 2.11. The second-order valence-electron chi connectivity index (χ2n) is 4.35. The van der Waals surface area contributed by atoms with Crippen LogP contribution in [0.15, 0.2) is 17.7 Å². The first-order chi connectivity index (χ1) is 7.72. The van der Waals surface area contributed by atoms with Gasteiger partial charge in [0.15, 0.2) is 0 Å². The Hall–Kier alpha value is -0.760. The molecule has 1 aliphatic carbocycles. The van der Waals surface area contributed by atoms with Gasteiger partial charge in [-0.3, -0.25) is 4.68 Å². The molecule has 0 aliphatic heterocycles. The van der Waals surface area contributed by atoms with Gasteiger partial charge in [0.1, 0.15) is 0 Å². The summed E-state index contributed by atoms with van der Waals surface area (Å²) in [7, 11) is 0. The third-order valence-electron chi connectivity index (χ3n) is 3.14. The van der Waals surface area contributed by atoms with Crippen LogP contribution < -0.4 is 0 Å². The van der Waals surface area contributed by atoms with Gasteiger partial charge in [-0.15, -0.1) is 11.6 Å². The van der Waals surface area contributed by atoms with Gasteiger partial charge in [-0.25, -0.2) is 0 Å². The zero-order valence-corrected chi connectivity index (χ0v) is 10.8. The molecule has 1 aromatic heterocycles. The molecule has 3 heteroatoms. The molecule has 16 heavy (non-hydrogen) atoms. The molecule has 0 spiro atoms. The average molecular weight is 239 g/mol. The molecule has 1 atom stereocenters. The zero-order chi connectivity index (χ0) is 11.5. The van der Waals surface area contributed by atoms with Crippen molar-refractivity contribution < 1.29 is 0 Å². The summed E-state index contributed by atoms with van der Waals surface area (Å²) in [6.07, 6.45) is 6.48. The number of aromatic nitrogens is 2. The zero-order valence-electron chi connectivity index (χ0n) is 10.0. The van der Waals surface area contributed by atoms with E-state index >= 15 is 0 Å². The molecule has 1 heterocycles. The molecule has 1 aliphatic rings. The lowest BCUT2D eigenvalue weighted by Crippen LogP contribution is -2.03. The van der Waals surface area contributed by atoms with Crippen molar-refractivity contribution in [3.8, 4) is 0 Å². The standard InChI is InChI=1S/C13H19ClN2/c1-3-12-9-13(16(4-2)15-12)8-10-5-6-11(14)7-10/h7,9,11H,3-6,8H2,1-2H3. The highest BCUT2D eigenvalue weighted by Gasteiger charge is 2.15. The van der Waals surface area contributed by atoms with E-state index in [9.17, 15) is 0 Å². The number of nitrogens with zero attached hydrogens (tertiary/aromatic N) is 2. The maximum absolute atomic E-state index is 6.08. The fourth-order valence-corrected chi connectivity index (χ4v) is 2.52. The number of hydrogen-bond acceptors (Lipinski definition) is 1. The van der Waals surface area contributed by atoms with E-state index < -0.39 is 0 Å². The molecule has 0 bridgehead atoms. The van der Waals surface area contributed by atoms with Gasteiger partial charge >= 0.3 is 0 Å². The fraction of sp³-hybridized carbons (Fsp3) is 0.615. The van der Waals surface area contributed by atoms with Gasteiger partial charge in [0.25, 0.3) is 0 Å². The number of halogens is 1. The van der Waals surface area contributed by atoms with Crippen LogP contribution in [0.5, 0.6) is 0 Å². The monoisotopic (exact) mass is 238 g/mol. The molecule has 88 valence electrons. The molecular weight excluding hydrogens is 220 g/mol. The topological polar surface area (TPSA) is 17.8 Å². The first kappa shape index (κ1) is 11.7. The minimum Gasteiger partial charge on any atom is -0.269 e. The summed E-state index contributed by atoms with van der Waals surface area (Å²) in [4.78, 5) is 0. The van der Waals surface area contributed by atoms with E-state index in [1.165, 1.54) is 17.0 Å². The van der Waals surface area contributed by atoms with E-state index in [4.69, 9.17) is 11.6 Å². The van der Waals surface area contributed by atoms with Gasteiger partial charge in [-0.2, -0.15) is 5.10 Å². The quantitative estimate of drug-likeness (QED) is 0.581. The van der Waals surface area contributed by atoms with E-state index in [-0.39, 0.29) is 5.38 Å². The predicted molar refractivity (Wildman–Crippen MR) is 67.9 cm³/mol. The van der Waals surface area contributed by atoms with Crippen LogP contribution in [0.2, 0.25) is 0 Å². The van der Waals surface area contributed by atoms with Crippen molar-refractivity contribution in [3.05, 3.63) is 29.1 Å². The molecule has 1 unspecified atom stereocenters. The van der Waals surface area contributed by atoms with E-state index in [0.717, 1.165) is 32.2 Å². The van der Waals surface area contributed by atoms with Crippen molar-refractivity contribution in [2.75, 3.05) is 0 Å². The minimum atomic E-state index is 0.249. The van der Waals surface area contributed by atoms with Crippen LogP contribution in [0.25, 0.3) is 0 Å². The minimum absolute atomic E-state index is 0.249. The Bertz CT molecular complexity index is 393. The first-order valence-electron chi connectivity index (χ1n) is 6.12. The van der Waals surface area contributed by atoms with Crippen molar-refractivity contribution >= 4 is 11.6 Å². The molecule has 0 aromatic carbocycles. The molecule has 1 aromatic rings. The summed E-state index contributed by atoms with van der Waals surface area (Å²) in [5, 5.41) is 4.81. The maximum Gasteiger partial charge on any atom is 0.0624 e. The van der Waals surface area contributed by atoms with Gasteiger partial charge in [-0.05, 0) is 32.3 Å². The Labute approximate surface area is 102 Å². The molecular formula is C13H19ClN2. The number of hydrogen-bond donors (Lipinski definition) is 0. The van der Waals surface area contributed by atoms with Gasteiger partial charge in [-0.1, -0.05) is 18.6 Å². The smallest absolute Gasteiger partial charge is 0.0624 e. The van der Waals surface area contributed by atoms with Crippen LogP contribution >= 0.6 is 11.6 Å². The first-order valence-corrected chi connectivity index (χ1v) is 6.55. The number of alkyl halides is 1. The van der Waals surface area contributed by atoms with Gasteiger partial charge in [0, 0.05) is 18.7 Å². The van der Waals surface area contributed by atoms with Crippen LogP contribution in [0.3, 0.4) is 0 Å². The van der Waals surface area contributed by atoms with Crippen molar-refractivity contribution in [1.82, 2.24) is 9.78 Å². The van der Waals surface area contributed by atoms with E-state index in [1.54, 1.807) is 0 Å². The van der Waals surface area contributed by atoms with Gasteiger partial charge < -0.3 is 0 Å². The Balaban J connectivity index is 2.14. The SMILES string of the molecule is CCc1cc(CC2=CC(Cl)CC2)n(CC)n1. The van der Waals surface area contributed by atoms with Crippen LogP contribution in [0.4, 0.5) is 0 Å². The maximum atomic E-state index is 6.08. The van der Waals surface area contributed by atoms with Crippen LogP contribution in [0, 0.1) is 0 Å². The number of allylic oxidation sites excluding steroid dienone is 2. The summed E-state index contributed by atoms with van der Waals surface area (Å²) in [5.41, 5.74) is 3.99. The van der Waals surface area contributed by atoms with Crippen molar-refractivity contribution in [1.29, 1.82) is 0 Å². The molecule has 0 radical (unpaired) electrons. The second kappa shape index (κ2) is 5.05. The Morgan fingerprint density at radius 2 is 2.31 bits per heavy atom. The number of rotatable bonds is 4. The molecule has 2 rings (SSSR count). The van der Waals surface area contributed by atoms with Crippen molar-refractivity contribution in [2.24, 2.45) is 0 Å². The van der Waals surface area contributed by atoms with E-state index in [2.05, 4.69) is 35.8 Å². The largest absolute Gasteiger partial charge is 0.269 e. The predicted octanol–water partition coefficient (Wildman–Crippen LogP) is 3.34. The molecule has 2 nitrogen and oxygen atoms in total. The highest BCUT2D eigenvalue weighted by Crippen LogP contribution is 2.25. The Morgan fingerprint density at radius 3 is 2.88 bits per heavy atom. The highest BCUT2D eigenvalue weighted by molar-refractivity contribution is 6.22. The third-order valence-corrected chi connectivity index (χ3v) is 3.49. The van der Waals surface area contributed by atoms with Crippen LogP contribution in [-0.4, -0.2) is 15.2 Å². The molecule has 0 N–H and O–H groups in total. The third kappa shape index (κ3) is 2.49.